The van der Waals surface area contributed by atoms with Gasteiger partial charge in [-0.05, 0) is 25.3 Å². The molecule has 1 heterocycles. The van der Waals surface area contributed by atoms with E-state index in [0.717, 1.165) is 45.3 Å². The summed E-state index contributed by atoms with van der Waals surface area (Å²) in [6, 6.07) is 0.623. The predicted octanol–water partition coefficient (Wildman–Crippen LogP) is 0.969. The molecule has 4 heteroatoms. The first-order chi connectivity index (χ1) is 8.27. The Morgan fingerprint density at radius 1 is 1.18 bits per heavy atom. The molecule has 1 N–H and O–H groups in total. The van der Waals surface area contributed by atoms with Crippen LogP contribution in [0.4, 0.5) is 0 Å². The van der Waals surface area contributed by atoms with Gasteiger partial charge in [-0.3, -0.25) is 4.90 Å². The topological polar surface area (TPSA) is 33.7 Å². The molecule has 0 bridgehead atoms. The number of ether oxygens (including phenoxy) is 2. The second-order valence-corrected chi connectivity index (χ2v) is 4.97. The van der Waals surface area contributed by atoms with E-state index in [4.69, 9.17) is 9.47 Å². The van der Waals surface area contributed by atoms with Crippen LogP contribution in [0.1, 0.15) is 19.8 Å². The summed E-state index contributed by atoms with van der Waals surface area (Å²) in [5.74, 6) is 0.774. The summed E-state index contributed by atoms with van der Waals surface area (Å²) in [4.78, 5) is 2.44. The molecule has 4 nitrogen and oxygen atoms in total. The Labute approximate surface area is 106 Å². The fourth-order valence-electron chi connectivity index (χ4n) is 2.37. The first kappa shape index (κ1) is 14.9. The van der Waals surface area contributed by atoms with Gasteiger partial charge < -0.3 is 14.8 Å². The number of hydrogen-bond donors (Lipinski definition) is 1. The van der Waals surface area contributed by atoms with Gasteiger partial charge in [0, 0.05) is 39.9 Å². The molecule has 0 aromatic heterocycles. The number of piperidine rings is 1. The lowest BCUT2D eigenvalue weighted by Crippen LogP contribution is -2.49. The van der Waals surface area contributed by atoms with Crippen LogP contribution >= 0.6 is 0 Å². The molecule has 0 aliphatic carbocycles. The van der Waals surface area contributed by atoms with Gasteiger partial charge in [0.15, 0.2) is 0 Å². The standard InChI is InChI=1S/C13H28N2O2/c1-12-5-4-6-14-13(12)11-15(7-9-16-2)8-10-17-3/h12-14H,4-11H2,1-3H3. The molecule has 0 aromatic rings. The zero-order chi connectivity index (χ0) is 12.5. The highest BCUT2D eigenvalue weighted by Crippen LogP contribution is 2.16. The average molecular weight is 244 g/mol. The van der Waals surface area contributed by atoms with E-state index < -0.39 is 0 Å². The molecular formula is C13H28N2O2. The normalized spacial score (nSPS) is 25.4. The highest BCUT2D eigenvalue weighted by molar-refractivity contribution is 4.81. The number of nitrogens with zero attached hydrogens (tertiary/aromatic N) is 1. The van der Waals surface area contributed by atoms with Crippen molar-refractivity contribution in [2.75, 3.05) is 53.6 Å². The van der Waals surface area contributed by atoms with E-state index in [9.17, 15) is 0 Å². The summed E-state index contributed by atoms with van der Waals surface area (Å²) in [6.45, 7) is 8.19. The summed E-state index contributed by atoms with van der Waals surface area (Å²) in [7, 11) is 3.52. The summed E-state index contributed by atoms with van der Waals surface area (Å²) < 4.78 is 10.3. The van der Waals surface area contributed by atoms with E-state index in [2.05, 4.69) is 17.1 Å². The van der Waals surface area contributed by atoms with Crippen molar-refractivity contribution in [3.05, 3.63) is 0 Å². The van der Waals surface area contributed by atoms with Crippen LogP contribution in [0.5, 0.6) is 0 Å². The van der Waals surface area contributed by atoms with Crippen molar-refractivity contribution in [2.45, 2.75) is 25.8 Å². The minimum atomic E-state index is 0.623. The van der Waals surface area contributed by atoms with E-state index in [-0.39, 0.29) is 0 Å². The third-order valence-electron chi connectivity index (χ3n) is 3.61. The molecule has 102 valence electrons. The molecule has 0 saturated carbocycles. The lowest BCUT2D eigenvalue weighted by molar-refractivity contribution is 0.0982. The predicted molar refractivity (Wildman–Crippen MR) is 70.4 cm³/mol. The van der Waals surface area contributed by atoms with Crippen LogP contribution < -0.4 is 5.32 Å². The van der Waals surface area contributed by atoms with Crippen molar-refractivity contribution in [3.63, 3.8) is 0 Å². The van der Waals surface area contributed by atoms with Gasteiger partial charge in [-0.25, -0.2) is 0 Å². The van der Waals surface area contributed by atoms with E-state index in [1.165, 1.54) is 12.8 Å². The van der Waals surface area contributed by atoms with Gasteiger partial charge in [-0.15, -0.1) is 0 Å². The molecule has 1 fully saturated rings. The second-order valence-electron chi connectivity index (χ2n) is 4.97. The molecule has 0 radical (unpaired) electrons. The van der Waals surface area contributed by atoms with Gasteiger partial charge in [0.25, 0.3) is 0 Å². The summed E-state index contributed by atoms with van der Waals surface area (Å²) >= 11 is 0. The Bertz CT molecular complexity index is 182. The van der Waals surface area contributed by atoms with Crippen molar-refractivity contribution in [2.24, 2.45) is 5.92 Å². The maximum Gasteiger partial charge on any atom is 0.0589 e. The Balaban J connectivity index is 2.33. The zero-order valence-corrected chi connectivity index (χ0v) is 11.6. The van der Waals surface area contributed by atoms with E-state index in [1.54, 1.807) is 14.2 Å². The van der Waals surface area contributed by atoms with Crippen molar-refractivity contribution in [3.8, 4) is 0 Å². The van der Waals surface area contributed by atoms with Crippen molar-refractivity contribution >= 4 is 0 Å². The summed E-state index contributed by atoms with van der Waals surface area (Å²) in [5.41, 5.74) is 0. The highest BCUT2D eigenvalue weighted by Gasteiger charge is 2.22. The van der Waals surface area contributed by atoms with Gasteiger partial charge in [-0.1, -0.05) is 6.92 Å². The maximum atomic E-state index is 5.17. The Hall–Kier alpha value is -0.160. The molecule has 1 aliphatic rings. The van der Waals surface area contributed by atoms with Gasteiger partial charge in [-0.2, -0.15) is 0 Å². The van der Waals surface area contributed by atoms with Crippen LogP contribution in [0.15, 0.2) is 0 Å². The third-order valence-corrected chi connectivity index (χ3v) is 3.61. The lowest BCUT2D eigenvalue weighted by Gasteiger charge is -2.34. The van der Waals surface area contributed by atoms with Gasteiger partial charge in [0.05, 0.1) is 13.2 Å². The average Bonchev–Trinajstić information content (AvgIpc) is 2.35. The van der Waals surface area contributed by atoms with Crippen molar-refractivity contribution in [1.29, 1.82) is 0 Å². The SMILES string of the molecule is COCCN(CCOC)CC1NCCCC1C. The highest BCUT2D eigenvalue weighted by atomic mass is 16.5. The van der Waals surface area contributed by atoms with Gasteiger partial charge in [0.2, 0.25) is 0 Å². The van der Waals surface area contributed by atoms with Crippen LogP contribution in [0.3, 0.4) is 0 Å². The van der Waals surface area contributed by atoms with Gasteiger partial charge in [0.1, 0.15) is 0 Å². The maximum absolute atomic E-state index is 5.17. The van der Waals surface area contributed by atoms with E-state index in [0.29, 0.717) is 6.04 Å². The van der Waals surface area contributed by atoms with Crippen LogP contribution in [0.25, 0.3) is 0 Å². The quantitative estimate of drug-likeness (QED) is 0.690. The summed E-state index contributed by atoms with van der Waals surface area (Å²) in [5, 5.41) is 3.63. The van der Waals surface area contributed by atoms with Crippen molar-refractivity contribution in [1.82, 2.24) is 10.2 Å². The van der Waals surface area contributed by atoms with E-state index in [1.807, 2.05) is 0 Å². The molecular weight excluding hydrogens is 216 g/mol. The second kappa shape index (κ2) is 8.86. The molecule has 2 unspecified atom stereocenters. The fraction of sp³-hybridized carbons (Fsp3) is 1.00. The third kappa shape index (κ3) is 5.82. The molecule has 0 spiro atoms. The molecule has 2 atom stereocenters. The first-order valence-corrected chi connectivity index (χ1v) is 6.71. The minimum Gasteiger partial charge on any atom is -0.383 e. The van der Waals surface area contributed by atoms with Gasteiger partial charge >= 0.3 is 0 Å². The van der Waals surface area contributed by atoms with Crippen molar-refractivity contribution < 1.29 is 9.47 Å². The minimum absolute atomic E-state index is 0.623. The molecule has 1 rings (SSSR count). The smallest absolute Gasteiger partial charge is 0.0589 e. The van der Waals surface area contributed by atoms with E-state index >= 15 is 0 Å². The van der Waals surface area contributed by atoms with Crippen LogP contribution in [-0.2, 0) is 9.47 Å². The van der Waals surface area contributed by atoms with Crippen LogP contribution in [0.2, 0.25) is 0 Å². The summed E-state index contributed by atoms with van der Waals surface area (Å²) in [6.07, 6.45) is 2.66. The largest absolute Gasteiger partial charge is 0.383 e. The number of rotatable bonds is 8. The number of methoxy groups -OCH3 is 2. The fourth-order valence-corrected chi connectivity index (χ4v) is 2.37. The zero-order valence-electron chi connectivity index (χ0n) is 11.6. The first-order valence-electron chi connectivity index (χ1n) is 6.71. The monoisotopic (exact) mass is 244 g/mol. The lowest BCUT2D eigenvalue weighted by atomic mass is 9.92. The Morgan fingerprint density at radius 2 is 1.82 bits per heavy atom. The molecule has 17 heavy (non-hydrogen) atoms. The molecule has 0 aromatic carbocycles. The van der Waals surface area contributed by atoms with Crippen LogP contribution in [0, 0.1) is 5.92 Å². The molecule has 1 saturated heterocycles. The number of nitrogens with one attached hydrogen (secondary N) is 1. The molecule has 0 amide bonds. The Morgan fingerprint density at radius 3 is 2.35 bits per heavy atom. The Kier molecular flexibility index (Phi) is 7.77. The molecule has 1 aliphatic heterocycles. The van der Waals surface area contributed by atoms with Crippen LogP contribution in [-0.4, -0.2) is 64.6 Å². The number of hydrogen-bond acceptors (Lipinski definition) is 4.